The summed E-state index contributed by atoms with van der Waals surface area (Å²) in [6.45, 7) is 7.86. The Morgan fingerprint density at radius 2 is 1.97 bits per heavy atom. The van der Waals surface area contributed by atoms with Crippen LogP contribution in [0.3, 0.4) is 0 Å². The van der Waals surface area contributed by atoms with Crippen molar-refractivity contribution in [2.75, 3.05) is 32.7 Å². The fourth-order valence-electron chi connectivity index (χ4n) is 4.46. The van der Waals surface area contributed by atoms with Crippen molar-refractivity contribution in [2.45, 2.75) is 25.8 Å². The number of rotatable bonds is 5. The molecule has 1 aromatic rings. The van der Waals surface area contributed by atoms with Gasteiger partial charge in [0.25, 0.3) is 5.91 Å². The van der Waals surface area contributed by atoms with Crippen molar-refractivity contribution in [3.05, 3.63) is 58.8 Å². The number of likely N-dealkylation sites (tertiary alicyclic amines) is 1. The molecule has 0 aliphatic carbocycles. The van der Waals surface area contributed by atoms with Crippen LogP contribution in [0.1, 0.15) is 31.4 Å². The Labute approximate surface area is 187 Å². The van der Waals surface area contributed by atoms with Gasteiger partial charge in [0.05, 0.1) is 23.9 Å². The van der Waals surface area contributed by atoms with E-state index in [2.05, 4.69) is 18.8 Å². The zero-order valence-electron chi connectivity index (χ0n) is 17.6. The molecule has 0 bridgehead atoms. The summed E-state index contributed by atoms with van der Waals surface area (Å²) in [5, 5.41) is 3.38. The van der Waals surface area contributed by atoms with E-state index in [9.17, 15) is 14.4 Å². The number of carbonyl (C=O) groups is 3. The minimum atomic E-state index is -0.652. The van der Waals surface area contributed by atoms with Gasteiger partial charge < -0.3 is 15.1 Å². The predicted molar refractivity (Wildman–Crippen MR) is 118 cm³/mol. The third-order valence-corrected chi connectivity index (χ3v) is 6.63. The third-order valence-electron chi connectivity index (χ3n) is 6.29. The molecule has 1 aromatic carbocycles. The fourth-order valence-corrected chi connectivity index (χ4v) is 4.71. The van der Waals surface area contributed by atoms with Crippen LogP contribution in [0, 0.1) is 5.92 Å². The van der Waals surface area contributed by atoms with Crippen LogP contribution in [0.25, 0.3) is 0 Å². The lowest BCUT2D eigenvalue weighted by Crippen LogP contribution is -2.47. The minimum Gasteiger partial charge on any atom is -0.341 e. The average Bonchev–Trinajstić information content (AvgIpc) is 3.07. The quantitative estimate of drug-likeness (QED) is 0.712. The Morgan fingerprint density at radius 1 is 1.26 bits per heavy atom. The van der Waals surface area contributed by atoms with E-state index in [-0.39, 0.29) is 37.5 Å². The summed E-state index contributed by atoms with van der Waals surface area (Å²) in [7, 11) is 0. The number of nitrogens with one attached hydrogen (secondary N) is 1. The van der Waals surface area contributed by atoms with Gasteiger partial charge in [0, 0.05) is 24.7 Å². The molecule has 4 rings (SSSR count). The second kappa shape index (κ2) is 8.75. The molecule has 1 fully saturated rings. The lowest BCUT2D eigenvalue weighted by molar-refractivity contribution is -0.138. The Balaban J connectivity index is 1.60. The molecule has 4 amide bonds. The van der Waals surface area contributed by atoms with Crippen LogP contribution >= 0.6 is 11.6 Å². The van der Waals surface area contributed by atoms with Crippen molar-refractivity contribution in [3.8, 4) is 0 Å². The summed E-state index contributed by atoms with van der Waals surface area (Å²) in [6.07, 6.45) is 3.58. The summed E-state index contributed by atoms with van der Waals surface area (Å²) in [5.74, 6) is 0.323. The highest BCUT2D eigenvalue weighted by Crippen LogP contribution is 2.38. The standard InChI is InChI=1S/C23H27ClN4O3/c1-3-10-28-18-13-27(14-19(29)26-11-8-15(2)9-12-26)22(30)20(18)21(25-23(28)31)16-6-4-5-7-17(16)24/h3-7,15,21H,1,8-14H2,2H3,(H,25,31)/t21-/m1/s1. The largest absolute Gasteiger partial charge is 0.341 e. The first-order valence-electron chi connectivity index (χ1n) is 10.6. The topological polar surface area (TPSA) is 73.0 Å². The lowest BCUT2D eigenvalue weighted by Gasteiger charge is -2.33. The van der Waals surface area contributed by atoms with Crippen LogP contribution in [0.2, 0.25) is 5.02 Å². The minimum absolute atomic E-state index is 0.00553. The van der Waals surface area contributed by atoms with Crippen LogP contribution in [0.5, 0.6) is 0 Å². The number of amides is 4. The summed E-state index contributed by atoms with van der Waals surface area (Å²) < 4.78 is 0. The van der Waals surface area contributed by atoms with E-state index < -0.39 is 6.04 Å². The molecule has 0 spiro atoms. The van der Waals surface area contributed by atoms with Crippen LogP contribution in [0.4, 0.5) is 4.79 Å². The molecule has 1 saturated heterocycles. The molecule has 3 aliphatic rings. The van der Waals surface area contributed by atoms with E-state index in [4.69, 9.17) is 11.6 Å². The van der Waals surface area contributed by atoms with Gasteiger partial charge in [0.1, 0.15) is 6.54 Å². The van der Waals surface area contributed by atoms with Gasteiger partial charge >= 0.3 is 6.03 Å². The molecular weight excluding hydrogens is 416 g/mol. The van der Waals surface area contributed by atoms with Crippen LogP contribution in [-0.2, 0) is 9.59 Å². The first-order valence-corrected chi connectivity index (χ1v) is 11.0. The molecule has 31 heavy (non-hydrogen) atoms. The van der Waals surface area contributed by atoms with Gasteiger partial charge in [-0.3, -0.25) is 14.5 Å². The molecule has 0 aromatic heterocycles. The first kappa shape index (κ1) is 21.4. The van der Waals surface area contributed by atoms with Crippen molar-refractivity contribution in [3.63, 3.8) is 0 Å². The zero-order valence-corrected chi connectivity index (χ0v) is 18.4. The van der Waals surface area contributed by atoms with Gasteiger partial charge in [-0.25, -0.2) is 4.79 Å². The van der Waals surface area contributed by atoms with Crippen molar-refractivity contribution in [1.29, 1.82) is 0 Å². The van der Waals surface area contributed by atoms with E-state index in [0.717, 1.165) is 25.9 Å². The second-order valence-electron chi connectivity index (χ2n) is 8.39. The maximum atomic E-state index is 13.4. The van der Waals surface area contributed by atoms with Gasteiger partial charge in [-0.05, 0) is 30.4 Å². The monoisotopic (exact) mass is 442 g/mol. The van der Waals surface area contributed by atoms with E-state index in [1.807, 2.05) is 11.0 Å². The molecule has 0 unspecified atom stereocenters. The highest BCUT2D eigenvalue weighted by Gasteiger charge is 2.44. The van der Waals surface area contributed by atoms with Gasteiger partial charge in [-0.15, -0.1) is 6.58 Å². The number of halogens is 1. The number of piperidine rings is 1. The Morgan fingerprint density at radius 3 is 2.65 bits per heavy atom. The fraction of sp³-hybridized carbons (Fsp3) is 0.435. The van der Waals surface area contributed by atoms with Crippen molar-refractivity contribution in [2.24, 2.45) is 5.92 Å². The third kappa shape index (κ3) is 4.06. The molecule has 7 nitrogen and oxygen atoms in total. The Hall–Kier alpha value is -2.80. The van der Waals surface area contributed by atoms with Crippen molar-refractivity contribution < 1.29 is 14.4 Å². The Bertz CT molecular complexity index is 952. The number of urea groups is 1. The molecule has 1 N–H and O–H groups in total. The normalized spacial score (nSPS) is 22.0. The average molecular weight is 443 g/mol. The number of hydrogen-bond acceptors (Lipinski definition) is 3. The highest BCUT2D eigenvalue weighted by atomic mass is 35.5. The SMILES string of the molecule is C=CCN1C(=O)N[C@H](c2ccccc2Cl)C2=C1CN(CC(=O)N1CCC(C)CC1)C2=O. The number of benzene rings is 1. The molecule has 0 saturated carbocycles. The first-order chi connectivity index (χ1) is 14.9. The lowest BCUT2D eigenvalue weighted by atomic mass is 9.95. The van der Waals surface area contributed by atoms with Crippen molar-refractivity contribution >= 4 is 29.4 Å². The maximum Gasteiger partial charge on any atom is 0.322 e. The maximum absolute atomic E-state index is 13.4. The van der Waals surface area contributed by atoms with Crippen LogP contribution in [-0.4, -0.2) is 65.3 Å². The van der Waals surface area contributed by atoms with E-state index in [1.54, 1.807) is 24.3 Å². The predicted octanol–water partition coefficient (Wildman–Crippen LogP) is 2.95. The molecular formula is C23H27ClN4O3. The van der Waals surface area contributed by atoms with Crippen LogP contribution in [0.15, 0.2) is 48.2 Å². The summed E-state index contributed by atoms with van der Waals surface area (Å²) in [6, 6.07) is 6.20. The highest BCUT2D eigenvalue weighted by molar-refractivity contribution is 6.31. The molecule has 3 aliphatic heterocycles. The molecule has 0 radical (unpaired) electrons. The number of carbonyl (C=O) groups excluding carboxylic acids is 3. The number of nitrogens with zero attached hydrogens (tertiary/aromatic N) is 3. The van der Waals surface area contributed by atoms with Gasteiger partial charge in [0.15, 0.2) is 0 Å². The van der Waals surface area contributed by atoms with Gasteiger partial charge in [-0.2, -0.15) is 0 Å². The van der Waals surface area contributed by atoms with Crippen LogP contribution < -0.4 is 5.32 Å². The summed E-state index contributed by atoms with van der Waals surface area (Å²) in [5.41, 5.74) is 1.74. The molecule has 8 heteroatoms. The second-order valence-corrected chi connectivity index (χ2v) is 8.80. The van der Waals surface area contributed by atoms with E-state index in [1.165, 1.54) is 9.80 Å². The van der Waals surface area contributed by atoms with E-state index in [0.29, 0.717) is 27.8 Å². The summed E-state index contributed by atoms with van der Waals surface area (Å²) >= 11 is 6.39. The Kier molecular flexibility index (Phi) is 6.05. The van der Waals surface area contributed by atoms with Gasteiger partial charge in [-0.1, -0.05) is 42.8 Å². The molecule has 3 heterocycles. The van der Waals surface area contributed by atoms with Gasteiger partial charge in [0.2, 0.25) is 5.91 Å². The van der Waals surface area contributed by atoms with E-state index >= 15 is 0 Å². The molecule has 1 atom stereocenters. The number of hydrogen-bond donors (Lipinski definition) is 1. The molecule has 164 valence electrons. The zero-order chi connectivity index (χ0) is 22.1. The smallest absolute Gasteiger partial charge is 0.322 e. The van der Waals surface area contributed by atoms with Crippen molar-refractivity contribution in [1.82, 2.24) is 20.0 Å². The summed E-state index contributed by atoms with van der Waals surface area (Å²) in [4.78, 5) is 44.0.